The summed E-state index contributed by atoms with van der Waals surface area (Å²) in [5.41, 5.74) is -1.21. The van der Waals surface area contributed by atoms with Gasteiger partial charge in [-0.2, -0.15) is 13.2 Å². The fraction of sp³-hybridized carbons (Fsp3) is 0.462. The quantitative estimate of drug-likeness (QED) is 0.630. The number of benzene rings is 1. The molecule has 1 aromatic rings. The van der Waals surface area contributed by atoms with Crippen LogP contribution in [0.25, 0.3) is 0 Å². The molecule has 20 heavy (non-hydrogen) atoms. The maximum Gasteiger partial charge on any atom is 0.416 e. The minimum atomic E-state index is -4.58. The van der Waals surface area contributed by atoms with E-state index in [9.17, 15) is 22.4 Å². The van der Waals surface area contributed by atoms with Crippen molar-refractivity contribution in [2.45, 2.75) is 26.1 Å². The van der Waals surface area contributed by atoms with Gasteiger partial charge in [-0.15, -0.1) is 5.12 Å². The number of hydrogen-bond acceptors (Lipinski definition) is 2. The van der Waals surface area contributed by atoms with Crippen LogP contribution in [0.5, 0.6) is 0 Å². The molecule has 0 spiro atoms. The number of nitrogens with zero attached hydrogens (tertiary/aromatic N) is 2. The summed E-state index contributed by atoms with van der Waals surface area (Å²) in [6, 6.07) is 3.09. The third kappa shape index (κ3) is 3.09. The number of halogens is 4. The lowest BCUT2D eigenvalue weighted by Gasteiger charge is -2.31. The van der Waals surface area contributed by atoms with Crippen LogP contribution in [0.2, 0.25) is 0 Å². The highest BCUT2D eigenvalue weighted by Crippen LogP contribution is 2.35. The van der Waals surface area contributed by atoms with Crippen LogP contribution in [0.1, 0.15) is 24.5 Å². The maximum atomic E-state index is 13.4. The number of likely N-dealkylation sites (tertiary alicyclic amines) is 1. The van der Waals surface area contributed by atoms with E-state index in [-0.39, 0.29) is 17.2 Å². The van der Waals surface area contributed by atoms with E-state index in [2.05, 4.69) is 0 Å². The van der Waals surface area contributed by atoms with E-state index in [4.69, 9.17) is 0 Å². The van der Waals surface area contributed by atoms with Gasteiger partial charge in [-0.25, -0.2) is 0 Å². The molecule has 2 rings (SSSR count). The first-order chi connectivity index (χ1) is 9.29. The van der Waals surface area contributed by atoms with Gasteiger partial charge in [0.25, 0.3) is 5.91 Å². The predicted octanol–water partition coefficient (Wildman–Crippen LogP) is 3.15. The summed E-state index contributed by atoms with van der Waals surface area (Å²) in [4.78, 5) is 12.8. The second-order valence-corrected chi connectivity index (χ2v) is 4.77. The molecule has 1 aromatic carbocycles. The highest BCUT2D eigenvalue weighted by Gasteiger charge is 2.35. The van der Waals surface area contributed by atoms with Crippen LogP contribution >= 0.6 is 0 Å². The number of anilines is 1. The van der Waals surface area contributed by atoms with E-state index in [1.165, 1.54) is 12.1 Å². The zero-order valence-corrected chi connectivity index (χ0v) is 10.9. The molecular formula is C13H14F4N2O. The molecule has 1 fully saturated rings. The van der Waals surface area contributed by atoms with Gasteiger partial charge in [0, 0.05) is 13.5 Å². The summed E-state index contributed by atoms with van der Waals surface area (Å²) < 4.78 is 52.5. The fourth-order valence-electron chi connectivity index (χ4n) is 2.05. The molecule has 0 atom stereocenters. The molecule has 0 bridgehead atoms. The molecular weight excluding hydrogens is 276 g/mol. The molecule has 0 unspecified atom stereocenters. The van der Waals surface area contributed by atoms with E-state index in [0.717, 1.165) is 26.4 Å². The lowest BCUT2D eigenvalue weighted by molar-refractivity contribution is -0.138. The Kier molecular flexibility index (Phi) is 3.99. The highest BCUT2D eigenvalue weighted by atomic mass is 19.4. The Labute approximate surface area is 113 Å². The van der Waals surface area contributed by atoms with Crippen molar-refractivity contribution in [1.29, 1.82) is 0 Å². The van der Waals surface area contributed by atoms with Crippen LogP contribution in [0.4, 0.5) is 23.3 Å². The Morgan fingerprint density at radius 3 is 2.45 bits per heavy atom. The van der Waals surface area contributed by atoms with Crippen LogP contribution in [-0.4, -0.2) is 23.9 Å². The topological polar surface area (TPSA) is 23.6 Å². The third-order valence-corrected chi connectivity index (χ3v) is 3.24. The summed E-state index contributed by atoms with van der Waals surface area (Å²) in [5.74, 6) is -0.964. The van der Waals surface area contributed by atoms with Crippen molar-refractivity contribution >= 4 is 11.6 Å². The fourth-order valence-corrected chi connectivity index (χ4v) is 2.05. The molecule has 1 aliphatic heterocycles. The Balaban J connectivity index is 2.34. The zero-order chi connectivity index (χ0) is 14.9. The minimum Gasteiger partial charge on any atom is -0.299 e. The summed E-state index contributed by atoms with van der Waals surface area (Å²) in [7, 11) is 0. The van der Waals surface area contributed by atoms with Crippen molar-refractivity contribution in [2.24, 2.45) is 0 Å². The lowest BCUT2D eigenvalue weighted by atomic mass is 10.0. The molecule has 1 amide bonds. The average molecular weight is 290 g/mol. The number of alkyl halides is 3. The average Bonchev–Trinajstić information content (AvgIpc) is 2.31. The number of carbonyl (C=O) groups is 1. The molecule has 0 aromatic heterocycles. The lowest BCUT2D eigenvalue weighted by Crippen LogP contribution is -2.36. The monoisotopic (exact) mass is 290 g/mol. The molecule has 110 valence electrons. The summed E-state index contributed by atoms with van der Waals surface area (Å²) >= 11 is 0. The van der Waals surface area contributed by atoms with E-state index in [0.29, 0.717) is 6.07 Å². The molecule has 1 aliphatic rings. The first-order valence-electron chi connectivity index (χ1n) is 6.18. The van der Waals surface area contributed by atoms with Crippen molar-refractivity contribution in [3.8, 4) is 0 Å². The molecule has 0 N–H and O–H groups in total. The number of hydrogen-bond donors (Lipinski definition) is 0. The molecule has 1 heterocycles. The second kappa shape index (κ2) is 5.40. The van der Waals surface area contributed by atoms with Crippen LogP contribution in [0, 0.1) is 0 Å². The Morgan fingerprint density at radius 2 is 2.00 bits per heavy atom. The standard InChI is InChI=1S/C13H14F4N2O/c1-9(20)19(17)11-4-3-10(8-18-5-2-6-18)12(7-11)13(14,15)16/h3-4,7H,2,5-6,8H2,1H3. The number of rotatable bonds is 3. The molecule has 7 heteroatoms. The van der Waals surface area contributed by atoms with Crippen LogP contribution in [0.15, 0.2) is 18.2 Å². The van der Waals surface area contributed by atoms with Crippen LogP contribution in [-0.2, 0) is 17.5 Å². The van der Waals surface area contributed by atoms with Gasteiger partial charge in [0.15, 0.2) is 0 Å². The Bertz CT molecular complexity index is 512. The van der Waals surface area contributed by atoms with Gasteiger partial charge in [-0.05, 0) is 37.2 Å². The first-order valence-corrected chi connectivity index (χ1v) is 6.18. The molecule has 0 aliphatic carbocycles. The van der Waals surface area contributed by atoms with E-state index < -0.39 is 23.3 Å². The van der Waals surface area contributed by atoms with Gasteiger partial charge < -0.3 is 0 Å². The smallest absolute Gasteiger partial charge is 0.299 e. The van der Waals surface area contributed by atoms with Crippen molar-refractivity contribution in [1.82, 2.24) is 4.90 Å². The zero-order valence-electron chi connectivity index (χ0n) is 10.9. The Hall–Kier alpha value is -1.63. The normalized spacial score (nSPS) is 15.8. The van der Waals surface area contributed by atoms with Crippen LogP contribution in [0.3, 0.4) is 0 Å². The van der Waals surface area contributed by atoms with Crippen LogP contribution < -0.4 is 5.12 Å². The highest BCUT2D eigenvalue weighted by molar-refractivity contribution is 5.89. The summed E-state index contributed by atoms with van der Waals surface area (Å²) in [6.45, 7) is 2.66. The first kappa shape index (κ1) is 14.8. The van der Waals surface area contributed by atoms with Gasteiger partial charge >= 0.3 is 6.18 Å². The minimum absolute atomic E-state index is 0.0953. The Morgan fingerprint density at radius 1 is 1.35 bits per heavy atom. The molecule has 1 saturated heterocycles. The predicted molar refractivity (Wildman–Crippen MR) is 65.6 cm³/mol. The van der Waals surface area contributed by atoms with E-state index in [1.54, 1.807) is 0 Å². The van der Waals surface area contributed by atoms with Gasteiger partial charge in [0.2, 0.25) is 0 Å². The van der Waals surface area contributed by atoms with Crippen molar-refractivity contribution in [2.75, 3.05) is 18.2 Å². The van der Waals surface area contributed by atoms with Crippen molar-refractivity contribution in [3.05, 3.63) is 29.3 Å². The second-order valence-electron chi connectivity index (χ2n) is 4.77. The van der Waals surface area contributed by atoms with E-state index >= 15 is 0 Å². The molecule has 0 saturated carbocycles. The third-order valence-electron chi connectivity index (χ3n) is 3.24. The van der Waals surface area contributed by atoms with Crippen molar-refractivity contribution < 1.29 is 22.4 Å². The summed E-state index contributed by atoms with van der Waals surface area (Å²) in [5, 5.41) is -0.289. The maximum absolute atomic E-state index is 13.4. The SMILES string of the molecule is CC(=O)N(F)c1ccc(CN2CCC2)c(C(F)(F)F)c1. The number of amides is 1. The largest absolute Gasteiger partial charge is 0.416 e. The van der Waals surface area contributed by atoms with Gasteiger partial charge in [-0.1, -0.05) is 10.5 Å². The van der Waals surface area contributed by atoms with Gasteiger partial charge in [-0.3, -0.25) is 9.69 Å². The molecule has 0 radical (unpaired) electrons. The van der Waals surface area contributed by atoms with Gasteiger partial charge in [0.1, 0.15) is 0 Å². The van der Waals surface area contributed by atoms with Crippen molar-refractivity contribution in [3.63, 3.8) is 0 Å². The molecule has 3 nitrogen and oxygen atoms in total. The summed E-state index contributed by atoms with van der Waals surface area (Å²) in [6.07, 6.45) is -3.60. The van der Waals surface area contributed by atoms with E-state index in [1.807, 2.05) is 4.90 Å². The van der Waals surface area contributed by atoms with Gasteiger partial charge in [0.05, 0.1) is 11.3 Å². The number of carbonyl (C=O) groups excluding carboxylic acids is 1.